The minimum atomic E-state index is -0.786. The molecule has 0 atom stereocenters. The molecule has 0 unspecified atom stereocenters. The van der Waals surface area contributed by atoms with E-state index in [1.807, 2.05) is 0 Å². The van der Waals surface area contributed by atoms with Crippen LogP contribution in [-0.2, 0) is 16.1 Å². The third-order valence-corrected chi connectivity index (χ3v) is 2.02. The maximum Gasteiger partial charge on any atom is 0.287 e. The number of nitrogens with one attached hydrogen (secondary N) is 1. The van der Waals surface area contributed by atoms with Crippen molar-refractivity contribution in [3.63, 3.8) is 0 Å². The molecule has 0 aromatic heterocycles. The first-order chi connectivity index (χ1) is 7.54. The highest BCUT2D eigenvalue weighted by Crippen LogP contribution is 2.09. The highest BCUT2D eigenvalue weighted by atomic mass is 19.1. The third-order valence-electron chi connectivity index (χ3n) is 2.02. The van der Waals surface area contributed by atoms with E-state index in [0.717, 1.165) is 18.2 Å². The molecule has 1 aromatic rings. The molecule has 0 aliphatic carbocycles. The minimum absolute atomic E-state index is 0.0113. The number of ketones is 1. The van der Waals surface area contributed by atoms with E-state index in [0.29, 0.717) is 0 Å². The van der Waals surface area contributed by atoms with Crippen LogP contribution in [-0.4, -0.2) is 11.7 Å². The molecule has 1 aromatic carbocycles. The zero-order valence-electron chi connectivity index (χ0n) is 8.72. The molecule has 0 aliphatic heterocycles. The molecule has 0 saturated heterocycles. The van der Waals surface area contributed by atoms with Gasteiger partial charge in [-0.25, -0.2) is 8.78 Å². The number of carbonyl (C=O) groups is 2. The van der Waals surface area contributed by atoms with Gasteiger partial charge in [-0.15, -0.1) is 0 Å². The van der Waals surface area contributed by atoms with Gasteiger partial charge in [-0.1, -0.05) is 6.92 Å². The molecule has 0 aliphatic rings. The van der Waals surface area contributed by atoms with Crippen LogP contribution < -0.4 is 5.32 Å². The van der Waals surface area contributed by atoms with E-state index in [-0.39, 0.29) is 18.5 Å². The zero-order chi connectivity index (χ0) is 12.1. The second kappa shape index (κ2) is 5.34. The van der Waals surface area contributed by atoms with E-state index in [2.05, 4.69) is 5.32 Å². The summed E-state index contributed by atoms with van der Waals surface area (Å²) in [5.74, 6) is -2.58. The molecule has 0 saturated carbocycles. The molecule has 0 radical (unpaired) electrons. The SMILES string of the molecule is CCC(=O)C(=O)NCc1cc(F)ccc1F. The van der Waals surface area contributed by atoms with Crippen molar-refractivity contribution in [2.75, 3.05) is 0 Å². The Kier molecular flexibility index (Phi) is 4.10. The normalized spacial score (nSPS) is 9.94. The van der Waals surface area contributed by atoms with Gasteiger partial charge in [-0.2, -0.15) is 0 Å². The molecule has 86 valence electrons. The summed E-state index contributed by atoms with van der Waals surface area (Å²) in [6.45, 7) is 1.35. The van der Waals surface area contributed by atoms with Crippen molar-refractivity contribution < 1.29 is 18.4 Å². The lowest BCUT2D eigenvalue weighted by Gasteiger charge is -2.05. The molecule has 16 heavy (non-hydrogen) atoms. The standard InChI is InChI=1S/C11H11F2NO2/c1-2-10(15)11(16)14-6-7-5-8(12)3-4-9(7)13/h3-5H,2,6H2,1H3,(H,14,16). The maximum atomic E-state index is 13.1. The summed E-state index contributed by atoms with van der Waals surface area (Å²) < 4.78 is 25.9. The van der Waals surface area contributed by atoms with Crippen molar-refractivity contribution in [2.45, 2.75) is 19.9 Å². The summed E-state index contributed by atoms with van der Waals surface area (Å²) >= 11 is 0. The number of hydrogen-bond donors (Lipinski definition) is 1. The second-order valence-electron chi connectivity index (χ2n) is 3.20. The van der Waals surface area contributed by atoms with E-state index in [1.165, 1.54) is 0 Å². The molecule has 3 nitrogen and oxygen atoms in total. The molecule has 0 spiro atoms. The Labute approximate surface area is 91.5 Å². The monoisotopic (exact) mass is 227 g/mol. The second-order valence-corrected chi connectivity index (χ2v) is 3.20. The molecular formula is C11H11F2NO2. The molecule has 1 N–H and O–H groups in total. The Morgan fingerprint density at radius 3 is 2.62 bits per heavy atom. The van der Waals surface area contributed by atoms with Crippen LogP contribution in [0.5, 0.6) is 0 Å². The van der Waals surface area contributed by atoms with Crippen LogP contribution in [0.15, 0.2) is 18.2 Å². The van der Waals surface area contributed by atoms with Gasteiger partial charge in [0.05, 0.1) is 0 Å². The molecule has 0 fully saturated rings. The Morgan fingerprint density at radius 1 is 1.31 bits per heavy atom. The van der Waals surface area contributed by atoms with E-state index < -0.39 is 23.3 Å². The van der Waals surface area contributed by atoms with Crippen molar-refractivity contribution in [3.8, 4) is 0 Å². The van der Waals surface area contributed by atoms with Crippen molar-refractivity contribution in [2.24, 2.45) is 0 Å². The van der Waals surface area contributed by atoms with Crippen LogP contribution in [0.25, 0.3) is 0 Å². The lowest BCUT2D eigenvalue weighted by Crippen LogP contribution is -2.30. The van der Waals surface area contributed by atoms with Crippen molar-refractivity contribution in [3.05, 3.63) is 35.4 Å². The van der Waals surface area contributed by atoms with Crippen LogP contribution in [0, 0.1) is 11.6 Å². The zero-order valence-corrected chi connectivity index (χ0v) is 8.72. The minimum Gasteiger partial charge on any atom is -0.345 e. The number of halogens is 2. The maximum absolute atomic E-state index is 13.1. The van der Waals surface area contributed by atoms with Gasteiger partial charge in [0.1, 0.15) is 11.6 Å². The molecular weight excluding hydrogens is 216 g/mol. The lowest BCUT2D eigenvalue weighted by molar-refractivity contribution is -0.137. The van der Waals surface area contributed by atoms with E-state index >= 15 is 0 Å². The summed E-state index contributed by atoms with van der Waals surface area (Å²) in [5, 5.41) is 2.22. The van der Waals surface area contributed by atoms with Crippen LogP contribution in [0.3, 0.4) is 0 Å². The fourth-order valence-corrected chi connectivity index (χ4v) is 1.11. The average Bonchev–Trinajstić information content (AvgIpc) is 2.28. The predicted octanol–water partition coefficient (Wildman–Crippen LogP) is 1.56. The summed E-state index contributed by atoms with van der Waals surface area (Å²) in [6.07, 6.45) is 0.0808. The fourth-order valence-electron chi connectivity index (χ4n) is 1.11. The van der Waals surface area contributed by atoms with Gasteiger partial charge in [0.25, 0.3) is 5.91 Å². The number of hydrogen-bond acceptors (Lipinski definition) is 2. The van der Waals surface area contributed by atoms with Crippen molar-refractivity contribution in [1.82, 2.24) is 5.32 Å². The Hall–Kier alpha value is -1.78. The molecule has 0 bridgehead atoms. The van der Waals surface area contributed by atoms with Gasteiger partial charge < -0.3 is 5.32 Å². The van der Waals surface area contributed by atoms with Crippen LogP contribution in [0.1, 0.15) is 18.9 Å². The van der Waals surface area contributed by atoms with Gasteiger partial charge in [0.15, 0.2) is 0 Å². The summed E-state index contributed by atoms with van der Waals surface area (Å²) in [4.78, 5) is 22.0. The third kappa shape index (κ3) is 3.12. The quantitative estimate of drug-likeness (QED) is 0.793. The first kappa shape index (κ1) is 12.3. The molecule has 1 rings (SSSR count). The van der Waals surface area contributed by atoms with Gasteiger partial charge in [0, 0.05) is 18.5 Å². The highest BCUT2D eigenvalue weighted by molar-refractivity contribution is 6.35. The number of Topliss-reactive ketones (excluding diaryl/α,β-unsaturated/α-hetero) is 1. The first-order valence-electron chi connectivity index (χ1n) is 4.79. The van der Waals surface area contributed by atoms with Gasteiger partial charge in [-0.05, 0) is 18.2 Å². The average molecular weight is 227 g/mol. The van der Waals surface area contributed by atoms with E-state index in [1.54, 1.807) is 6.92 Å². The van der Waals surface area contributed by atoms with Crippen LogP contribution >= 0.6 is 0 Å². The van der Waals surface area contributed by atoms with E-state index in [9.17, 15) is 18.4 Å². The summed E-state index contributed by atoms with van der Waals surface area (Å²) in [5.41, 5.74) is 0.0113. The van der Waals surface area contributed by atoms with Crippen molar-refractivity contribution >= 4 is 11.7 Å². The number of amides is 1. The van der Waals surface area contributed by atoms with Gasteiger partial charge in [-0.3, -0.25) is 9.59 Å². The van der Waals surface area contributed by atoms with Gasteiger partial charge >= 0.3 is 0 Å². The Bertz CT molecular complexity index is 418. The topological polar surface area (TPSA) is 46.2 Å². The number of rotatable bonds is 4. The van der Waals surface area contributed by atoms with Crippen LogP contribution in [0.2, 0.25) is 0 Å². The largest absolute Gasteiger partial charge is 0.345 e. The number of benzene rings is 1. The number of carbonyl (C=O) groups excluding carboxylic acids is 2. The summed E-state index contributed by atoms with van der Waals surface area (Å²) in [7, 11) is 0. The predicted molar refractivity (Wildman–Crippen MR) is 53.5 cm³/mol. The Balaban J connectivity index is 2.64. The fraction of sp³-hybridized carbons (Fsp3) is 0.273. The van der Waals surface area contributed by atoms with Gasteiger partial charge in [0.2, 0.25) is 5.78 Å². The highest BCUT2D eigenvalue weighted by Gasteiger charge is 2.11. The molecule has 0 heterocycles. The van der Waals surface area contributed by atoms with Crippen molar-refractivity contribution in [1.29, 1.82) is 0 Å². The lowest BCUT2D eigenvalue weighted by atomic mass is 10.2. The Morgan fingerprint density at radius 2 is 2.00 bits per heavy atom. The smallest absolute Gasteiger partial charge is 0.287 e. The molecule has 5 heteroatoms. The molecule has 1 amide bonds. The first-order valence-corrected chi connectivity index (χ1v) is 4.79. The van der Waals surface area contributed by atoms with E-state index in [4.69, 9.17) is 0 Å². The summed E-state index contributed by atoms with van der Waals surface area (Å²) in [6, 6.07) is 2.93. The van der Waals surface area contributed by atoms with Crippen LogP contribution in [0.4, 0.5) is 8.78 Å².